The molecule has 5 heteroatoms. The molecule has 1 aliphatic carbocycles. The zero-order valence-corrected chi connectivity index (χ0v) is 17.9. The molecular weight excluding hydrogens is 378 g/mol. The van der Waals surface area contributed by atoms with Crippen molar-refractivity contribution in [3.63, 3.8) is 0 Å². The van der Waals surface area contributed by atoms with E-state index < -0.39 is 0 Å². The highest BCUT2D eigenvalue weighted by molar-refractivity contribution is 7.80. The van der Waals surface area contributed by atoms with Gasteiger partial charge in [0.1, 0.15) is 11.4 Å². The molecule has 0 N–H and O–H groups in total. The zero-order valence-electron chi connectivity index (χ0n) is 17.1. The number of thiocarbonyl (C=S) groups is 1. The predicted octanol–water partition coefficient (Wildman–Crippen LogP) is 5.25. The molecule has 150 valence electrons. The van der Waals surface area contributed by atoms with Gasteiger partial charge in [0.25, 0.3) is 0 Å². The van der Waals surface area contributed by atoms with Crippen LogP contribution in [-0.2, 0) is 11.3 Å². The minimum Gasteiger partial charge on any atom is -0.305 e. The maximum atomic E-state index is 12.7. The minimum atomic E-state index is -0.342. The summed E-state index contributed by atoms with van der Waals surface area (Å²) in [6, 6.07) is 18.6. The summed E-state index contributed by atoms with van der Waals surface area (Å²) in [4.78, 5) is 21.5. The lowest BCUT2D eigenvalue weighted by atomic mass is 9.79. The van der Waals surface area contributed by atoms with E-state index >= 15 is 0 Å². The molecule has 0 radical (unpaired) electrons. The second-order valence-electron chi connectivity index (χ2n) is 8.03. The van der Waals surface area contributed by atoms with Crippen molar-refractivity contribution in [2.24, 2.45) is 4.99 Å². The smallest absolute Gasteiger partial charge is 0.231 e. The molecule has 0 unspecified atom stereocenters. The van der Waals surface area contributed by atoms with Crippen molar-refractivity contribution in [2.45, 2.75) is 58.0 Å². The SMILES string of the molecule is CC(=O)N1C(=S)N(c2ccc(C)cc2)C2(CCCCC2)C1=NCc1ccccc1. The van der Waals surface area contributed by atoms with Crippen LogP contribution in [0.3, 0.4) is 0 Å². The first kappa shape index (κ1) is 19.8. The van der Waals surface area contributed by atoms with Crippen LogP contribution in [0.5, 0.6) is 0 Å². The molecule has 0 bridgehead atoms. The van der Waals surface area contributed by atoms with Gasteiger partial charge in [0.2, 0.25) is 5.91 Å². The molecule has 29 heavy (non-hydrogen) atoms. The van der Waals surface area contributed by atoms with Gasteiger partial charge in [-0.05, 0) is 49.7 Å². The molecule has 1 amide bonds. The average molecular weight is 406 g/mol. The van der Waals surface area contributed by atoms with Gasteiger partial charge in [-0.25, -0.2) is 4.90 Å². The van der Waals surface area contributed by atoms with Crippen LogP contribution >= 0.6 is 12.2 Å². The van der Waals surface area contributed by atoms with Crippen molar-refractivity contribution < 1.29 is 4.79 Å². The normalized spacial score (nSPS) is 19.9. The first-order valence-corrected chi connectivity index (χ1v) is 10.7. The summed E-state index contributed by atoms with van der Waals surface area (Å²) in [5.41, 5.74) is 3.04. The summed E-state index contributed by atoms with van der Waals surface area (Å²) >= 11 is 5.86. The van der Waals surface area contributed by atoms with Gasteiger partial charge in [-0.1, -0.05) is 67.3 Å². The van der Waals surface area contributed by atoms with Crippen molar-refractivity contribution in [3.05, 3.63) is 65.7 Å². The summed E-state index contributed by atoms with van der Waals surface area (Å²) in [6.07, 6.45) is 5.35. The number of nitrogens with zero attached hydrogens (tertiary/aromatic N) is 3. The largest absolute Gasteiger partial charge is 0.305 e. The van der Waals surface area contributed by atoms with Gasteiger partial charge >= 0.3 is 0 Å². The lowest BCUT2D eigenvalue weighted by molar-refractivity contribution is -0.122. The fourth-order valence-corrected chi connectivity index (χ4v) is 5.06. The zero-order chi connectivity index (χ0) is 20.4. The first-order chi connectivity index (χ1) is 14.0. The lowest BCUT2D eigenvalue weighted by Crippen LogP contribution is -2.51. The molecule has 0 atom stereocenters. The van der Waals surface area contributed by atoms with Crippen LogP contribution < -0.4 is 4.90 Å². The van der Waals surface area contributed by atoms with E-state index in [2.05, 4.69) is 48.2 Å². The number of aryl methyl sites for hydroxylation is 1. The molecule has 2 aromatic rings. The van der Waals surface area contributed by atoms with E-state index in [1.54, 1.807) is 11.8 Å². The van der Waals surface area contributed by atoms with Gasteiger partial charge in [0.15, 0.2) is 5.11 Å². The molecule has 4 rings (SSSR count). The van der Waals surface area contributed by atoms with Gasteiger partial charge in [0.05, 0.1) is 6.54 Å². The Balaban J connectivity index is 1.82. The van der Waals surface area contributed by atoms with Crippen molar-refractivity contribution in [1.82, 2.24) is 4.90 Å². The van der Waals surface area contributed by atoms with Crippen LogP contribution in [0.1, 0.15) is 50.2 Å². The molecule has 0 aromatic heterocycles. The number of aliphatic imine (C=N–C) groups is 1. The molecule has 1 aliphatic heterocycles. The van der Waals surface area contributed by atoms with Gasteiger partial charge in [-0.2, -0.15) is 0 Å². The van der Waals surface area contributed by atoms with E-state index in [1.165, 1.54) is 12.0 Å². The van der Waals surface area contributed by atoms with Crippen LogP contribution in [0, 0.1) is 6.92 Å². The predicted molar refractivity (Wildman–Crippen MR) is 122 cm³/mol. The second-order valence-corrected chi connectivity index (χ2v) is 8.39. The van der Waals surface area contributed by atoms with Crippen LogP contribution in [0.2, 0.25) is 0 Å². The Morgan fingerprint density at radius 3 is 2.31 bits per heavy atom. The van der Waals surface area contributed by atoms with E-state index in [-0.39, 0.29) is 11.4 Å². The van der Waals surface area contributed by atoms with Crippen molar-refractivity contribution in [2.75, 3.05) is 4.90 Å². The third-order valence-electron chi connectivity index (χ3n) is 5.98. The third-order valence-corrected chi connectivity index (χ3v) is 6.35. The Morgan fingerprint density at radius 1 is 1.03 bits per heavy atom. The molecule has 2 aromatic carbocycles. The fraction of sp³-hybridized carbons (Fsp3) is 0.375. The summed E-state index contributed by atoms with van der Waals surface area (Å²) in [7, 11) is 0. The minimum absolute atomic E-state index is 0.0682. The molecule has 1 saturated heterocycles. The van der Waals surface area contributed by atoms with Crippen LogP contribution in [0.4, 0.5) is 5.69 Å². The molecule has 1 spiro atoms. The van der Waals surface area contributed by atoms with E-state index in [0.717, 1.165) is 42.8 Å². The molecular formula is C24H27N3OS. The second kappa shape index (κ2) is 8.07. The van der Waals surface area contributed by atoms with E-state index in [4.69, 9.17) is 17.2 Å². The Kier molecular flexibility index (Phi) is 5.50. The Hall–Kier alpha value is -2.53. The molecule has 4 nitrogen and oxygen atoms in total. The lowest BCUT2D eigenvalue weighted by Gasteiger charge is -2.41. The number of anilines is 1. The number of hydrogen-bond acceptors (Lipinski definition) is 3. The standard InChI is InChI=1S/C24H27N3OS/c1-18-11-13-21(14-12-18)27-23(29)26(19(2)28)22(24(27)15-7-4-8-16-24)25-17-20-9-5-3-6-10-20/h3,5-6,9-14H,4,7-8,15-17H2,1-2H3. The van der Waals surface area contributed by atoms with Crippen molar-refractivity contribution in [1.29, 1.82) is 0 Å². The quantitative estimate of drug-likeness (QED) is 0.654. The molecule has 2 aliphatic rings. The summed E-state index contributed by atoms with van der Waals surface area (Å²) in [5.74, 6) is 0.750. The number of amidine groups is 1. The molecule has 2 fully saturated rings. The number of benzene rings is 2. The van der Waals surface area contributed by atoms with E-state index in [9.17, 15) is 4.79 Å². The van der Waals surface area contributed by atoms with Crippen LogP contribution in [-0.4, -0.2) is 27.3 Å². The number of rotatable bonds is 3. The maximum Gasteiger partial charge on any atom is 0.231 e. The molecule has 1 heterocycles. The highest BCUT2D eigenvalue weighted by Crippen LogP contribution is 2.44. The number of amides is 1. The van der Waals surface area contributed by atoms with Gasteiger partial charge < -0.3 is 4.90 Å². The monoisotopic (exact) mass is 405 g/mol. The highest BCUT2D eigenvalue weighted by Gasteiger charge is 2.55. The van der Waals surface area contributed by atoms with Crippen LogP contribution in [0.25, 0.3) is 0 Å². The number of hydrogen-bond donors (Lipinski definition) is 0. The first-order valence-electron chi connectivity index (χ1n) is 10.3. The van der Waals surface area contributed by atoms with Crippen molar-refractivity contribution in [3.8, 4) is 0 Å². The van der Waals surface area contributed by atoms with Gasteiger partial charge in [-0.3, -0.25) is 9.79 Å². The van der Waals surface area contributed by atoms with E-state index in [0.29, 0.717) is 11.7 Å². The Labute approximate surface area is 178 Å². The summed E-state index contributed by atoms with van der Waals surface area (Å²) in [5, 5.41) is 0.551. The van der Waals surface area contributed by atoms with E-state index in [1.807, 2.05) is 18.2 Å². The van der Waals surface area contributed by atoms with Gasteiger partial charge in [-0.15, -0.1) is 0 Å². The third kappa shape index (κ3) is 3.60. The Bertz CT molecular complexity index is 930. The number of carbonyl (C=O) groups excluding carboxylic acids is 1. The average Bonchev–Trinajstić information content (AvgIpc) is 2.96. The number of carbonyl (C=O) groups is 1. The fourth-order valence-electron chi connectivity index (χ4n) is 4.57. The summed E-state index contributed by atoms with van der Waals surface area (Å²) in [6.45, 7) is 4.21. The maximum absolute atomic E-state index is 12.7. The topological polar surface area (TPSA) is 35.9 Å². The van der Waals surface area contributed by atoms with Crippen molar-refractivity contribution >= 4 is 34.8 Å². The molecule has 1 saturated carbocycles. The van der Waals surface area contributed by atoms with Crippen LogP contribution in [0.15, 0.2) is 59.6 Å². The highest BCUT2D eigenvalue weighted by atomic mass is 32.1. The van der Waals surface area contributed by atoms with Gasteiger partial charge in [0, 0.05) is 12.6 Å². The summed E-state index contributed by atoms with van der Waals surface area (Å²) < 4.78 is 0. The Morgan fingerprint density at radius 2 is 1.69 bits per heavy atom.